The Labute approximate surface area is 75.3 Å². The molecule has 1 heterocycles. The Balaban J connectivity index is 2.36. The maximum atomic E-state index is 11.0. The number of nitrogens with zero attached hydrogens (tertiary/aromatic N) is 1. The highest BCUT2D eigenvalue weighted by molar-refractivity contribution is 5.88. The zero-order chi connectivity index (χ0) is 9.68. The molecule has 0 aliphatic carbocycles. The molecule has 6 heteroatoms. The molecule has 0 spiro atoms. The van der Waals surface area contributed by atoms with Gasteiger partial charge in [-0.3, -0.25) is 10.4 Å². The number of aryl methyl sites for hydroxylation is 1. The first kappa shape index (κ1) is 9.53. The van der Waals surface area contributed by atoms with Gasteiger partial charge in [-0.15, -0.1) is 0 Å². The van der Waals surface area contributed by atoms with Gasteiger partial charge in [0.2, 0.25) is 0 Å². The Hall–Kier alpha value is -1.56. The third-order valence-electron chi connectivity index (χ3n) is 1.34. The minimum Gasteiger partial charge on any atom is -0.395 e. The van der Waals surface area contributed by atoms with Crippen molar-refractivity contribution in [3.63, 3.8) is 0 Å². The number of aliphatic hydroxyl groups is 1. The highest BCUT2D eigenvalue weighted by atomic mass is 16.3. The monoisotopic (exact) mass is 184 g/mol. The van der Waals surface area contributed by atoms with Crippen LogP contribution in [0.5, 0.6) is 0 Å². The summed E-state index contributed by atoms with van der Waals surface area (Å²) in [6, 6.07) is 1.33. The summed E-state index contributed by atoms with van der Waals surface area (Å²) in [5.74, 6) is 0.466. The Morgan fingerprint density at radius 3 is 3.08 bits per heavy atom. The van der Waals surface area contributed by atoms with Crippen LogP contribution < -0.4 is 10.6 Å². The van der Waals surface area contributed by atoms with Gasteiger partial charge in [-0.05, 0) is 6.92 Å². The van der Waals surface area contributed by atoms with Crippen molar-refractivity contribution in [2.45, 2.75) is 6.92 Å². The van der Waals surface area contributed by atoms with E-state index < -0.39 is 0 Å². The number of hydrogen-bond acceptors (Lipinski definition) is 3. The van der Waals surface area contributed by atoms with Crippen molar-refractivity contribution in [1.29, 1.82) is 0 Å². The number of aliphatic hydroxyl groups excluding tert-OH is 1. The van der Waals surface area contributed by atoms with Crippen LogP contribution in [0, 0.1) is 6.92 Å². The molecular weight excluding hydrogens is 172 g/mol. The number of H-pyrrole nitrogens is 1. The highest BCUT2D eigenvalue weighted by Crippen LogP contribution is 2.02. The fraction of sp³-hybridized carbons (Fsp3) is 0.429. The van der Waals surface area contributed by atoms with Crippen LogP contribution in [0.15, 0.2) is 6.07 Å². The van der Waals surface area contributed by atoms with Gasteiger partial charge >= 0.3 is 6.03 Å². The lowest BCUT2D eigenvalue weighted by molar-refractivity contribution is 0.244. The van der Waals surface area contributed by atoms with Gasteiger partial charge < -0.3 is 10.4 Å². The van der Waals surface area contributed by atoms with Crippen molar-refractivity contribution in [2.75, 3.05) is 18.5 Å². The van der Waals surface area contributed by atoms with Crippen LogP contribution in [0.2, 0.25) is 0 Å². The van der Waals surface area contributed by atoms with Crippen molar-refractivity contribution in [1.82, 2.24) is 15.5 Å². The molecule has 0 unspecified atom stereocenters. The third-order valence-corrected chi connectivity index (χ3v) is 1.34. The summed E-state index contributed by atoms with van der Waals surface area (Å²) in [6.45, 7) is 1.99. The average Bonchev–Trinajstić information content (AvgIpc) is 2.48. The molecule has 0 aliphatic heterocycles. The number of amides is 2. The standard InChI is InChI=1S/C7H12N4O2/c1-5-4-6(11-10-5)9-7(13)8-2-3-12/h4,12H,2-3H2,1H3,(H3,8,9,10,11,13). The summed E-state index contributed by atoms with van der Waals surface area (Å²) in [6.07, 6.45) is 0. The van der Waals surface area contributed by atoms with E-state index in [1.165, 1.54) is 0 Å². The third kappa shape index (κ3) is 3.12. The van der Waals surface area contributed by atoms with E-state index in [1.54, 1.807) is 6.07 Å². The highest BCUT2D eigenvalue weighted by Gasteiger charge is 2.02. The predicted octanol–water partition coefficient (Wildman–Crippen LogP) is -0.168. The number of aromatic nitrogens is 2. The number of hydrogen-bond donors (Lipinski definition) is 4. The summed E-state index contributed by atoms with van der Waals surface area (Å²) < 4.78 is 0. The maximum absolute atomic E-state index is 11.0. The largest absolute Gasteiger partial charge is 0.395 e. The molecule has 0 aliphatic rings. The van der Waals surface area contributed by atoms with Gasteiger partial charge in [-0.1, -0.05) is 0 Å². The smallest absolute Gasteiger partial charge is 0.320 e. The molecule has 2 amide bonds. The SMILES string of the molecule is Cc1cc(NC(=O)NCCO)n[nH]1. The van der Waals surface area contributed by atoms with Crippen LogP contribution in [-0.2, 0) is 0 Å². The second-order valence-corrected chi connectivity index (χ2v) is 2.54. The van der Waals surface area contributed by atoms with Crippen LogP contribution in [-0.4, -0.2) is 34.5 Å². The average molecular weight is 184 g/mol. The van der Waals surface area contributed by atoms with Gasteiger partial charge in [-0.2, -0.15) is 5.10 Å². The van der Waals surface area contributed by atoms with E-state index in [1.807, 2.05) is 6.92 Å². The first-order valence-electron chi connectivity index (χ1n) is 3.90. The number of nitrogens with one attached hydrogen (secondary N) is 3. The van der Waals surface area contributed by atoms with Crippen molar-refractivity contribution in [3.05, 3.63) is 11.8 Å². The first-order valence-corrected chi connectivity index (χ1v) is 3.90. The molecule has 0 aromatic carbocycles. The molecule has 0 saturated heterocycles. The lowest BCUT2D eigenvalue weighted by Crippen LogP contribution is -2.31. The molecule has 0 saturated carbocycles. The second kappa shape index (κ2) is 4.46. The van der Waals surface area contributed by atoms with Crippen LogP contribution in [0.25, 0.3) is 0 Å². The molecule has 0 radical (unpaired) electrons. The number of aromatic amines is 1. The maximum Gasteiger partial charge on any atom is 0.320 e. The summed E-state index contributed by atoms with van der Waals surface area (Å²) >= 11 is 0. The van der Waals surface area contributed by atoms with Gasteiger partial charge in [0, 0.05) is 18.3 Å². The quantitative estimate of drug-likeness (QED) is 0.525. The predicted molar refractivity (Wildman–Crippen MR) is 47.4 cm³/mol. The van der Waals surface area contributed by atoms with Crippen LogP contribution in [0.4, 0.5) is 10.6 Å². The summed E-state index contributed by atoms with van der Waals surface area (Å²) in [7, 11) is 0. The Morgan fingerprint density at radius 1 is 1.77 bits per heavy atom. The van der Waals surface area contributed by atoms with Crippen molar-refractivity contribution in [2.24, 2.45) is 0 Å². The number of urea groups is 1. The Bertz CT molecular complexity index is 284. The number of carbonyl (C=O) groups is 1. The lowest BCUT2D eigenvalue weighted by Gasteiger charge is -2.02. The lowest BCUT2D eigenvalue weighted by atomic mass is 10.5. The van der Waals surface area contributed by atoms with Crippen molar-refractivity contribution in [3.8, 4) is 0 Å². The molecule has 4 N–H and O–H groups in total. The zero-order valence-corrected chi connectivity index (χ0v) is 7.29. The molecule has 6 nitrogen and oxygen atoms in total. The minimum atomic E-state index is -0.374. The minimum absolute atomic E-state index is 0.0764. The molecule has 1 rings (SSSR count). The van der Waals surface area contributed by atoms with E-state index in [0.29, 0.717) is 5.82 Å². The fourth-order valence-corrected chi connectivity index (χ4v) is 0.812. The van der Waals surface area contributed by atoms with E-state index in [2.05, 4.69) is 20.8 Å². The van der Waals surface area contributed by atoms with Crippen LogP contribution in [0.3, 0.4) is 0 Å². The van der Waals surface area contributed by atoms with Gasteiger partial charge in [0.05, 0.1) is 6.61 Å². The zero-order valence-electron chi connectivity index (χ0n) is 7.29. The molecular formula is C7H12N4O2. The number of carbonyl (C=O) groups excluding carboxylic acids is 1. The van der Waals surface area contributed by atoms with Crippen LogP contribution >= 0.6 is 0 Å². The Morgan fingerprint density at radius 2 is 2.54 bits per heavy atom. The summed E-state index contributed by atoms with van der Waals surface area (Å²) in [5.41, 5.74) is 0.873. The van der Waals surface area contributed by atoms with E-state index in [-0.39, 0.29) is 19.2 Å². The van der Waals surface area contributed by atoms with Gasteiger partial charge in [0.1, 0.15) is 0 Å². The van der Waals surface area contributed by atoms with E-state index >= 15 is 0 Å². The molecule has 13 heavy (non-hydrogen) atoms. The molecule has 1 aromatic rings. The van der Waals surface area contributed by atoms with Gasteiger partial charge in [0.15, 0.2) is 5.82 Å². The number of rotatable bonds is 3. The molecule has 1 aromatic heterocycles. The number of anilines is 1. The second-order valence-electron chi connectivity index (χ2n) is 2.54. The van der Waals surface area contributed by atoms with E-state index in [4.69, 9.17) is 5.11 Å². The molecule has 72 valence electrons. The van der Waals surface area contributed by atoms with Crippen molar-refractivity contribution >= 4 is 11.8 Å². The van der Waals surface area contributed by atoms with Gasteiger partial charge in [-0.25, -0.2) is 4.79 Å². The normalized spacial score (nSPS) is 9.69. The molecule has 0 atom stereocenters. The van der Waals surface area contributed by atoms with Crippen molar-refractivity contribution < 1.29 is 9.90 Å². The topological polar surface area (TPSA) is 90.0 Å². The fourth-order valence-electron chi connectivity index (χ4n) is 0.812. The summed E-state index contributed by atoms with van der Waals surface area (Å²) in [4.78, 5) is 11.0. The first-order chi connectivity index (χ1) is 6.22. The molecule has 0 fully saturated rings. The van der Waals surface area contributed by atoms with Crippen LogP contribution in [0.1, 0.15) is 5.69 Å². The summed E-state index contributed by atoms with van der Waals surface area (Å²) in [5, 5.41) is 19.8. The van der Waals surface area contributed by atoms with E-state index in [0.717, 1.165) is 5.69 Å². The Kier molecular flexibility index (Phi) is 3.27. The van der Waals surface area contributed by atoms with Gasteiger partial charge in [0.25, 0.3) is 0 Å². The molecule has 0 bridgehead atoms. The van der Waals surface area contributed by atoms with E-state index in [9.17, 15) is 4.79 Å².